The lowest BCUT2D eigenvalue weighted by Crippen LogP contribution is -2.31. The lowest BCUT2D eigenvalue weighted by Gasteiger charge is -2.14. The Bertz CT molecular complexity index is 456. The van der Waals surface area contributed by atoms with E-state index in [2.05, 4.69) is 10.3 Å². The van der Waals surface area contributed by atoms with Crippen LogP contribution in [0.1, 0.15) is 43.7 Å². The number of rotatable bonds is 6. The van der Waals surface area contributed by atoms with Crippen LogP contribution < -0.4 is 11.1 Å². The van der Waals surface area contributed by atoms with Crippen LogP contribution in [-0.4, -0.2) is 34.6 Å². The predicted molar refractivity (Wildman–Crippen MR) is 70.6 cm³/mol. The first-order valence-electron chi connectivity index (χ1n) is 6.30. The van der Waals surface area contributed by atoms with Gasteiger partial charge in [-0.1, -0.05) is 6.92 Å². The highest BCUT2D eigenvalue weighted by Gasteiger charge is 2.22. The van der Waals surface area contributed by atoms with Gasteiger partial charge in [0.2, 0.25) is 5.91 Å². The van der Waals surface area contributed by atoms with Crippen molar-refractivity contribution >= 4 is 17.7 Å². The minimum atomic E-state index is -0.583. The molecule has 0 aliphatic rings. The first kappa shape index (κ1) is 15.0. The zero-order valence-electron chi connectivity index (χ0n) is 11.5. The average Bonchev–Trinajstić information content (AvgIpc) is 2.77. The summed E-state index contributed by atoms with van der Waals surface area (Å²) < 4.78 is 6.29. The zero-order chi connectivity index (χ0) is 14.4. The van der Waals surface area contributed by atoms with Crippen molar-refractivity contribution in [2.24, 2.45) is 0 Å². The minimum Gasteiger partial charge on any atom is -0.461 e. The molecule has 0 bridgehead atoms. The number of carbonyl (C=O) groups is 2. The molecule has 0 radical (unpaired) electrons. The summed E-state index contributed by atoms with van der Waals surface area (Å²) in [5, 5.41) is 2.76. The number of aromatic nitrogens is 2. The number of nitrogen functional groups attached to an aromatic ring is 1. The summed E-state index contributed by atoms with van der Waals surface area (Å²) in [7, 11) is 0. The van der Waals surface area contributed by atoms with E-state index in [9.17, 15) is 9.59 Å². The zero-order valence-corrected chi connectivity index (χ0v) is 11.5. The molecule has 19 heavy (non-hydrogen) atoms. The van der Waals surface area contributed by atoms with Gasteiger partial charge in [0.05, 0.1) is 12.9 Å². The van der Waals surface area contributed by atoms with Crippen molar-refractivity contribution in [1.82, 2.24) is 14.9 Å². The first-order chi connectivity index (χ1) is 9.02. The second-order valence-electron chi connectivity index (χ2n) is 4.07. The number of anilines is 1. The molecular weight excluding hydrogens is 248 g/mol. The molecule has 7 nitrogen and oxygen atoms in total. The van der Waals surface area contributed by atoms with E-state index in [1.165, 1.54) is 10.9 Å². The maximum atomic E-state index is 11.8. The van der Waals surface area contributed by atoms with E-state index in [1.807, 2.05) is 6.92 Å². The molecule has 3 N–H and O–H groups in total. The Balaban J connectivity index is 2.85. The fraction of sp³-hybridized carbons (Fsp3) is 0.583. The average molecular weight is 268 g/mol. The van der Waals surface area contributed by atoms with Gasteiger partial charge in [-0.15, -0.1) is 0 Å². The van der Waals surface area contributed by atoms with Crippen LogP contribution in [0.25, 0.3) is 0 Å². The summed E-state index contributed by atoms with van der Waals surface area (Å²) in [6.07, 6.45) is 2.23. The van der Waals surface area contributed by atoms with E-state index in [-0.39, 0.29) is 24.0 Å². The smallest absolute Gasteiger partial charge is 0.360 e. The summed E-state index contributed by atoms with van der Waals surface area (Å²) >= 11 is 0. The van der Waals surface area contributed by atoms with E-state index in [1.54, 1.807) is 13.8 Å². The molecular formula is C12H20N4O3. The number of hydrogen-bond acceptors (Lipinski definition) is 5. The molecule has 0 aliphatic carbocycles. The molecule has 1 aromatic rings. The maximum absolute atomic E-state index is 11.8. The van der Waals surface area contributed by atoms with Crippen molar-refractivity contribution < 1.29 is 14.3 Å². The largest absolute Gasteiger partial charge is 0.461 e. The van der Waals surface area contributed by atoms with E-state index < -0.39 is 12.0 Å². The molecule has 1 aromatic heterocycles. The van der Waals surface area contributed by atoms with Gasteiger partial charge in [-0.05, 0) is 20.3 Å². The lowest BCUT2D eigenvalue weighted by molar-refractivity contribution is -0.123. The number of imidazole rings is 1. The van der Waals surface area contributed by atoms with Crippen LogP contribution in [0.5, 0.6) is 0 Å². The van der Waals surface area contributed by atoms with Crippen LogP contribution in [0.4, 0.5) is 5.82 Å². The third kappa shape index (κ3) is 3.46. The van der Waals surface area contributed by atoms with Gasteiger partial charge in [-0.25, -0.2) is 9.78 Å². The van der Waals surface area contributed by atoms with E-state index in [0.29, 0.717) is 6.54 Å². The molecule has 1 rings (SSSR count). The van der Waals surface area contributed by atoms with Crippen LogP contribution in [0.15, 0.2) is 6.33 Å². The topological polar surface area (TPSA) is 99.2 Å². The molecule has 1 amide bonds. The third-order valence-electron chi connectivity index (χ3n) is 2.65. The van der Waals surface area contributed by atoms with Crippen LogP contribution in [-0.2, 0) is 9.53 Å². The highest BCUT2D eigenvalue weighted by atomic mass is 16.5. The molecule has 0 aromatic carbocycles. The number of hydrogen-bond donors (Lipinski definition) is 2. The second kappa shape index (κ2) is 6.77. The van der Waals surface area contributed by atoms with Crippen molar-refractivity contribution in [2.45, 2.75) is 33.2 Å². The first-order valence-corrected chi connectivity index (χ1v) is 6.30. The van der Waals surface area contributed by atoms with E-state index >= 15 is 0 Å². The third-order valence-corrected chi connectivity index (χ3v) is 2.65. The molecule has 0 saturated carbocycles. The van der Waals surface area contributed by atoms with Gasteiger partial charge in [0.15, 0.2) is 5.69 Å². The molecule has 1 atom stereocenters. The normalized spacial score (nSPS) is 11.9. The van der Waals surface area contributed by atoms with Gasteiger partial charge >= 0.3 is 5.97 Å². The number of amides is 1. The Hall–Kier alpha value is -2.05. The van der Waals surface area contributed by atoms with Crippen molar-refractivity contribution in [3.63, 3.8) is 0 Å². The van der Waals surface area contributed by atoms with Gasteiger partial charge in [-0.2, -0.15) is 0 Å². The fourth-order valence-corrected chi connectivity index (χ4v) is 1.56. The van der Waals surface area contributed by atoms with Gasteiger partial charge in [-0.3, -0.25) is 4.79 Å². The Labute approximate surface area is 112 Å². The predicted octanol–water partition coefficient (Wildman–Crippen LogP) is 0.729. The number of esters is 1. The molecule has 0 fully saturated rings. The van der Waals surface area contributed by atoms with Crippen LogP contribution >= 0.6 is 0 Å². The molecule has 0 aliphatic heterocycles. The molecule has 0 saturated heterocycles. The van der Waals surface area contributed by atoms with Gasteiger partial charge < -0.3 is 20.4 Å². The SMILES string of the molecule is CCCNC(=O)C(C)n1cnc(C(=O)OCC)c1N. The number of nitrogens with one attached hydrogen (secondary N) is 1. The summed E-state index contributed by atoms with van der Waals surface area (Å²) in [6, 6.07) is -0.526. The second-order valence-corrected chi connectivity index (χ2v) is 4.07. The molecule has 106 valence electrons. The molecule has 1 heterocycles. The Morgan fingerprint density at radius 2 is 2.21 bits per heavy atom. The van der Waals surface area contributed by atoms with Gasteiger partial charge in [0, 0.05) is 6.54 Å². The minimum absolute atomic E-state index is 0.0389. The van der Waals surface area contributed by atoms with Crippen molar-refractivity contribution in [2.75, 3.05) is 18.9 Å². The van der Waals surface area contributed by atoms with Crippen molar-refractivity contribution in [3.05, 3.63) is 12.0 Å². The van der Waals surface area contributed by atoms with Crippen LogP contribution in [0.3, 0.4) is 0 Å². The molecule has 0 spiro atoms. The Morgan fingerprint density at radius 3 is 2.79 bits per heavy atom. The van der Waals surface area contributed by atoms with Crippen molar-refractivity contribution in [1.29, 1.82) is 0 Å². The summed E-state index contributed by atoms with van der Waals surface area (Å²) in [6.45, 7) is 6.21. The Kier molecular flexibility index (Phi) is 5.35. The standard InChI is InChI=1S/C12H20N4O3/c1-4-6-14-11(17)8(3)16-7-15-9(10(16)13)12(18)19-5-2/h7-8H,4-6,13H2,1-3H3,(H,14,17). The quantitative estimate of drug-likeness (QED) is 0.741. The van der Waals surface area contributed by atoms with Gasteiger partial charge in [0.25, 0.3) is 0 Å². The van der Waals surface area contributed by atoms with E-state index in [0.717, 1.165) is 6.42 Å². The molecule has 7 heteroatoms. The van der Waals surface area contributed by atoms with E-state index in [4.69, 9.17) is 10.5 Å². The van der Waals surface area contributed by atoms with Gasteiger partial charge in [0.1, 0.15) is 11.9 Å². The number of carbonyl (C=O) groups excluding carboxylic acids is 2. The number of ether oxygens (including phenoxy) is 1. The number of nitrogens with two attached hydrogens (primary N) is 1. The maximum Gasteiger partial charge on any atom is 0.360 e. The number of nitrogens with zero attached hydrogens (tertiary/aromatic N) is 2. The highest BCUT2D eigenvalue weighted by molar-refractivity contribution is 5.92. The highest BCUT2D eigenvalue weighted by Crippen LogP contribution is 2.17. The fourth-order valence-electron chi connectivity index (χ4n) is 1.56. The van der Waals surface area contributed by atoms with Crippen molar-refractivity contribution in [3.8, 4) is 0 Å². The Morgan fingerprint density at radius 1 is 1.53 bits per heavy atom. The summed E-state index contributed by atoms with van der Waals surface area (Å²) in [5.74, 6) is -0.612. The molecule has 1 unspecified atom stereocenters. The lowest BCUT2D eigenvalue weighted by atomic mass is 10.3. The summed E-state index contributed by atoms with van der Waals surface area (Å²) in [4.78, 5) is 27.3. The van der Waals surface area contributed by atoms with Crippen LogP contribution in [0, 0.1) is 0 Å². The summed E-state index contributed by atoms with van der Waals surface area (Å²) in [5.41, 5.74) is 5.86. The van der Waals surface area contributed by atoms with Crippen LogP contribution in [0.2, 0.25) is 0 Å². The monoisotopic (exact) mass is 268 g/mol.